The Morgan fingerprint density at radius 2 is 1.69 bits per heavy atom. The third kappa shape index (κ3) is 4.95. The molecule has 2 aromatic carbocycles. The number of hydrogen-bond acceptors (Lipinski definition) is 5. The van der Waals surface area contributed by atoms with Crippen LogP contribution in [0, 0.1) is 6.92 Å². The van der Waals surface area contributed by atoms with E-state index in [-0.39, 0.29) is 0 Å². The number of aryl methyl sites for hydroxylation is 1. The largest absolute Gasteiger partial charge is 0.350 e. The zero-order valence-electron chi connectivity index (χ0n) is 18.3. The molecule has 0 atom stereocenters. The Morgan fingerprint density at radius 3 is 2.44 bits per heavy atom. The maximum Gasteiger partial charge on any atom is 0.223 e. The molecule has 0 spiro atoms. The lowest BCUT2D eigenvalue weighted by Crippen LogP contribution is -2.04. The fourth-order valence-electron chi connectivity index (χ4n) is 3.46. The molecule has 4 rings (SSSR count). The first-order chi connectivity index (χ1) is 15.7. The first-order valence-electron chi connectivity index (χ1n) is 10.5. The van der Waals surface area contributed by atoms with Crippen LogP contribution < -0.4 is 5.32 Å². The van der Waals surface area contributed by atoms with Gasteiger partial charge in [-0.05, 0) is 60.9 Å². The summed E-state index contributed by atoms with van der Waals surface area (Å²) in [5.41, 5.74) is 8.22. The summed E-state index contributed by atoms with van der Waals surface area (Å²) in [6, 6.07) is 20.5. The van der Waals surface area contributed by atoms with Gasteiger partial charge in [-0.1, -0.05) is 43.0 Å². The van der Waals surface area contributed by atoms with E-state index in [9.17, 15) is 0 Å². The van der Waals surface area contributed by atoms with E-state index in [1.54, 1.807) is 12.4 Å². The van der Waals surface area contributed by atoms with E-state index in [1.807, 2.05) is 56.5 Å². The fraction of sp³-hybridized carbons (Fsp3) is 0.111. The van der Waals surface area contributed by atoms with Crippen molar-refractivity contribution < 1.29 is 0 Å². The SMILES string of the molecule is C=Cc1cc(-c2ccnc(NCc3ccc(-c4ccnc(C)c4)cc3)n2)ccc1N=CC. The molecule has 0 aliphatic heterocycles. The molecule has 5 heteroatoms. The second kappa shape index (κ2) is 9.79. The Morgan fingerprint density at radius 1 is 0.906 bits per heavy atom. The van der Waals surface area contributed by atoms with E-state index >= 15 is 0 Å². The summed E-state index contributed by atoms with van der Waals surface area (Å²) in [4.78, 5) is 17.7. The number of aromatic nitrogens is 3. The van der Waals surface area contributed by atoms with Crippen LogP contribution in [0.1, 0.15) is 23.7 Å². The van der Waals surface area contributed by atoms with E-state index in [0.717, 1.165) is 33.8 Å². The molecule has 0 unspecified atom stereocenters. The van der Waals surface area contributed by atoms with Crippen LogP contribution in [0.4, 0.5) is 11.6 Å². The van der Waals surface area contributed by atoms with E-state index in [4.69, 9.17) is 0 Å². The lowest BCUT2D eigenvalue weighted by Gasteiger charge is -2.09. The molecule has 1 N–H and O–H groups in total. The van der Waals surface area contributed by atoms with Gasteiger partial charge in [0.25, 0.3) is 0 Å². The van der Waals surface area contributed by atoms with Gasteiger partial charge in [-0.15, -0.1) is 0 Å². The van der Waals surface area contributed by atoms with Crippen LogP contribution in [-0.2, 0) is 6.54 Å². The molecule has 5 nitrogen and oxygen atoms in total. The van der Waals surface area contributed by atoms with Gasteiger partial charge in [-0.3, -0.25) is 9.98 Å². The summed E-state index contributed by atoms with van der Waals surface area (Å²) in [6.07, 6.45) is 7.20. The van der Waals surface area contributed by atoms with Crippen molar-refractivity contribution in [3.05, 3.63) is 96.5 Å². The van der Waals surface area contributed by atoms with Crippen molar-refractivity contribution in [2.45, 2.75) is 20.4 Å². The lowest BCUT2D eigenvalue weighted by atomic mass is 10.0. The number of nitrogens with zero attached hydrogens (tertiary/aromatic N) is 4. The summed E-state index contributed by atoms with van der Waals surface area (Å²) >= 11 is 0. The fourth-order valence-corrected chi connectivity index (χ4v) is 3.46. The van der Waals surface area contributed by atoms with E-state index < -0.39 is 0 Å². The van der Waals surface area contributed by atoms with Crippen molar-refractivity contribution in [1.29, 1.82) is 0 Å². The van der Waals surface area contributed by atoms with Crippen LogP contribution in [0.3, 0.4) is 0 Å². The normalized spacial score (nSPS) is 10.9. The maximum atomic E-state index is 4.68. The third-order valence-corrected chi connectivity index (χ3v) is 5.10. The zero-order chi connectivity index (χ0) is 22.3. The van der Waals surface area contributed by atoms with Gasteiger partial charge in [-0.2, -0.15) is 0 Å². The zero-order valence-corrected chi connectivity index (χ0v) is 18.3. The molecule has 0 aliphatic rings. The number of benzene rings is 2. The molecular weight excluding hydrogens is 394 g/mol. The number of aliphatic imine (C=N–C) groups is 1. The van der Waals surface area contributed by atoms with Crippen LogP contribution in [0.15, 0.2) is 84.6 Å². The lowest BCUT2D eigenvalue weighted by molar-refractivity contribution is 1.06. The van der Waals surface area contributed by atoms with Gasteiger partial charge in [0.2, 0.25) is 5.95 Å². The van der Waals surface area contributed by atoms with Gasteiger partial charge in [0.1, 0.15) is 0 Å². The molecule has 32 heavy (non-hydrogen) atoms. The smallest absolute Gasteiger partial charge is 0.223 e. The van der Waals surface area contributed by atoms with Crippen LogP contribution >= 0.6 is 0 Å². The van der Waals surface area contributed by atoms with Crippen LogP contribution in [-0.4, -0.2) is 21.2 Å². The highest BCUT2D eigenvalue weighted by Gasteiger charge is 2.06. The van der Waals surface area contributed by atoms with E-state index in [0.29, 0.717) is 12.5 Å². The Balaban J connectivity index is 1.47. The molecule has 0 saturated heterocycles. The second-order valence-corrected chi connectivity index (χ2v) is 7.37. The Labute approximate surface area is 188 Å². The topological polar surface area (TPSA) is 63.1 Å². The van der Waals surface area contributed by atoms with Crippen LogP contribution in [0.25, 0.3) is 28.5 Å². The third-order valence-electron chi connectivity index (χ3n) is 5.10. The predicted octanol–water partition coefficient (Wildman–Crippen LogP) is 6.49. The van der Waals surface area contributed by atoms with Crippen molar-refractivity contribution in [2.24, 2.45) is 4.99 Å². The number of hydrogen-bond donors (Lipinski definition) is 1. The number of anilines is 1. The van der Waals surface area contributed by atoms with Crippen molar-refractivity contribution in [2.75, 3.05) is 5.32 Å². The van der Waals surface area contributed by atoms with E-state index in [1.165, 1.54) is 11.1 Å². The molecule has 0 radical (unpaired) electrons. The highest BCUT2D eigenvalue weighted by Crippen LogP contribution is 2.27. The molecule has 4 aromatic rings. The molecule has 0 bridgehead atoms. The summed E-state index contributed by atoms with van der Waals surface area (Å²) < 4.78 is 0. The minimum atomic E-state index is 0.590. The van der Waals surface area contributed by atoms with Gasteiger partial charge >= 0.3 is 0 Å². The molecule has 0 saturated carbocycles. The van der Waals surface area contributed by atoms with Gasteiger partial charge in [0.05, 0.1) is 11.4 Å². The van der Waals surface area contributed by atoms with Crippen molar-refractivity contribution in [3.63, 3.8) is 0 Å². The van der Waals surface area contributed by atoms with Gasteiger partial charge < -0.3 is 5.32 Å². The van der Waals surface area contributed by atoms with Gasteiger partial charge in [-0.25, -0.2) is 9.97 Å². The minimum absolute atomic E-state index is 0.590. The van der Waals surface area contributed by atoms with E-state index in [2.05, 4.69) is 62.2 Å². The summed E-state index contributed by atoms with van der Waals surface area (Å²) in [7, 11) is 0. The summed E-state index contributed by atoms with van der Waals surface area (Å²) in [5, 5.41) is 3.32. The first kappa shape index (κ1) is 21.1. The second-order valence-electron chi connectivity index (χ2n) is 7.37. The monoisotopic (exact) mass is 419 g/mol. The minimum Gasteiger partial charge on any atom is -0.350 e. The standard InChI is InChI=1S/C27H25N5/c1-4-21-17-24(10-11-25(21)28-5-2)26-13-15-30-27(32-26)31-18-20-6-8-22(9-7-20)23-12-14-29-19(3)16-23/h4-17H,1,18H2,2-3H3,(H,30,31,32). The quantitative estimate of drug-likeness (QED) is 0.348. The molecule has 0 amide bonds. The number of pyridine rings is 1. The molecule has 0 aliphatic carbocycles. The van der Waals surface area contributed by atoms with Crippen LogP contribution in [0.2, 0.25) is 0 Å². The maximum absolute atomic E-state index is 4.68. The Hall–Kier alpha value is -4.12. The average Bonchev–Trinajstić information content (AvgIpc) is 2.84. The highest BCUT2D eigenvalue weighted by atomic mass is 15.1. The Kier molecular flexibility index (Phi) is 6.46. The first-order valence-corrected chi connectivity index (χ1v) is 10.5. The number of rotatable bonds is 7. The molecule has 2 heterocycles. The van der Waals surface area contributed by atoms with Gasteiger partial charge in [0, 0.05) is 42.0 Å². The van der Waals surface area contributed by atoms with Crippen molar-refractivity contribution >= 4 is 23.9 Å². The average molecular weight is 420 g/mol. The van der Waals surface area contributed by atoms with Crippen molar-refractivity contribution in [3.8, 4) is 22.4 Å². The molecule has 0 fully saturated rings. The highest BCUT2D eigenvalue weighted by molar-refractivity contribution is 5.74. The summed E-state index contributed by atoms with van der Waals surface area (Å²) in [5.74, 6) is 0.590. The Bertz CT molecular complexity index is 1260. The molecule has 2 aromatic heterocycles. The summed E-state index contributed by atoms with van der Waals surface area (Å²) in [6.45, 7) is 8.44. The number of nitrogens with one attached hydrogen (secondary N) is 1. The molecule has 158 valence electrons. The van der Waals surface area contributed by atoms with Crippen molar-refractivity contribution in [1.82, 2.24) is 15.0 Å². The predicted molar refractivity (Wildman–Crippen MR) is 133 cm³/mol. The molecular formula is C27H25N5. The van der Waals surface area contributed by atoms with Crippen LogP contribution in [0.5, 0.6) is 0 Å². The van der Waals surface area contributed by atoms with Gasteiger partial charge in [0.15, 0.2) is 0 Å².